The molecule has 1 heterocycles. The predicted octanol–water partition coefficient (Wildman–Crippen LogP) is 3.70. The van der Waals surface area contributed by atoms with E-state index >= 15 is 0 Å². The molecule has 18 heavy (non-hydrogen) atoms. The maximum atomic E-state index is 6.01. The number of aromatic nitrogens is 2. The van der Waals surface area contributed by atoms with Crippen molar-refractivity contribution in [1.29, 1.82) is 0 Å². The van der Waals surface area contributed by atoms with E-state index < -0.39 is 0 Å². The second-order valence-corrected chi connectivity index (χ2v) is 5.43. The number of hydrogen-bond donors (Lipinski definition) is 1. The van der Waals surface area contributed by atoms with Crippen molar-refractivity contribution in [3.05, 3.63) is 11.7 Å². The van der Waals surface area contributed by atoms with E-state index in [1.165, 1.54) is 44.9 Å². The number of nitrogens with two attached hydrogens (primary N) is 1. The fourth-order valence-electron chi connectivity index (χ4n) is 2.71. The van der Waals surface area contributed by atoms with Crippen LogP contribution in [0.2, 0.25) is 0 Å². The molecule has 1 fully saturated rings. The number of rotatable bonds is 4. The second kappa shape index (κ2) is 6.88. The lowest BCUT2D eigenvalue weighted by Gasteiger charge is -2.15. The van der Waals surface area contributed by atoms with Gasteiger partial charge in [0.15, 0.2) is 5.82 Å². The van der Waals surface area contributed by atoms with Gasteiger partial charge in [0.05, 0.1) is 6.04 Å². The van der Waals surface area contributed by atoms with Crippen molar-refractivity contribution in [3.63, 3.8) is 0 Å². The van der Waals surface area contributed by atoms with Crippen molar-refractivity contribution in [1.82, 2.24) is 10.1 Å². The van der Waals surface area contributed by atoms with Crippen LogP contribution in [0.3, 0.4) is 0 Å². The van der Waals surface area contributed by atoms with Crippen molar-refractivity contribution >= 4 is 0 Å². The lowest BCUT2D eigenvalue weighted by atomic mass is 9.91. The van der Waals surface area contributed by atoms with Crippen LogP contribution in [-0.4, -0.2) is 10.1 Å². The third-order valence-corrected chi connectivity index (χ3v) is 3.84. The fourth-order valence-corrected chi connectivity index (χ4v) is 2.71. The Bertz CT molecular complexity index is 343. The molecule has 1 aliphatic rings. The molecule has 4 heteroatoms. The zero-order valence-electron chi connectivity index (χ0n) is 11.4. The Morgan fingerprint density at radius 3 is 2.56 bits per heavy atom. The van der Waals surface area contributed by atoms with Crippen molar-refractivity contribution in [2.45, 2.75) is 76.7 Å². The highest BCUT2D eigenvalue weighted by atomic mass is 16.5. The predicted molar refractivity (Wildman–Crippen MR) is 71.2 cm³/mol. The molecular weight excluding hydrogens is 226 g/mol. The monoisotopic (exact) mass is 251 g/mol. The van der Waals surface area contributed by atoms with Gasteiger partial charge in [0.1, 0.15) is 0 Å². The Balaban J connectivity index is 1.98. The molecule has 0 amide bonds. The Hall–Kier alpha value is -0.900. The van der Waals surface area contributed by atoms with E-state index in [9.17, 15) is 0 Å². The molecule has 0 saturated heterocycles. The highest BCUT2D eigenvalue weighted by Gasteiger charge is 2.21. The van der Waals surface area contributed by atoms with Crippen LogP contribution in [0.4, 0.5) is 0 Å². The van der Waals surface area contributed by atoms with Crippen LogP contribution in [0.25, 0.3) is 0 Å². The minimum absolute atomic E-state index is 0.0928. The smallest absolute Gasteiger partial charge is 0.243 e. The van der Waals surface area contributed by atoms with Gasteiger partial charge in [-0.2, -0.15) is 4.98 Å². The molecule has 0 bridgehead atoms. The van der Waals surface area contributed by atoms with Crippen molar-refractivity contribution in [2.24, 2.45) is 5.73 Å². The minimum Gasteiger partial charge on any atom is -0.338 e. The summed E-state index contributed by atoms with van der Waals surface area (Å²) in [5, 5.41) is 4.15. The van der Waals surface area contributed by atoms with E-state index in [-0.39, 0.29) is 6.04 Å². The quantitative estimate of drug-likeness (QED) is 0.886. The Morgan fingerprint density at radius 1 is 1.22 bits per heavy atom. The molecule has 1 aromatic heterocycles. The second-order valence-electron chi connectivity index (χ2n) is 5.43. The summed E-state index contributed by atoms with van der Waals surface area (Å²) in [6.45, 7) is 2.12. The molecule has 0 aliphatic heterocycles. The summed E-state index contributed by atoms with van der Waals surface area (Å²) in [5.74, 6) is 1.99. The van der Waals surface area contributed by atoms with Crippen LogP contribution < -0.4 is 5.73 Å². The maximum absolute atomic E-state index is 6.01. The molecule has 2 rings (SSSR count). The first-order valence-electron chi connectivity index (χ1n) is 7.40. The van der Waals surface area contributed by atoms with Gasteiger partial charge in [0, 0.05) is 5.92 Å². The van der Waals surface area contributed by atoms with E-state index in [1.54, 1.807) is 0 Å². The first kappa shape index (κ1) is 13.5. The molecule has 102 valence electrons. The summed E-state index contributed by atoms with van der Waals surface area (Å²) in [5.41, 5.74) is 6.01. The van der Waals surface area contributed by atoms with Gasteiger partial charge in [-0.05, 0) is 19.3 Å². The zero-order valence-corrected chi connectivity index (χ0v) is 11.4. The molecule has 0 radical (unpaired) electrons. The van der Waals surface area contributed by atoms with E-state index in [0.717, 1.165) is 18.7 Å². The van der Waals surface area contributed by atoms with Crippen molar-refractivity contribution < 1.29 is 4.52 Å². The lowest BCUT2D eigenvalue weighted by Crippen LogP contribution is -2.10. The van der Waals surface area contributed by atoms with E-state index in [0.29, 0.717) is 11.8 Å². The largest absolute Gasteiger partial charge is 0.338 e. The van der Waals surface area contributed by atoms with E-state index in [1.807, 2.05) is 0 Å². The Kier molecular flexibility index (Phi) is 5.17. The average Bonchev–Trinajstić information content (AvgIpc) is 2.78. The van der Waals surface area contributed by atoms with Gasteiger partial charge in [-0.15, -0.1) is 0 Å². The lowest BCUT2D eigenvalue weighted by molar-refractivity contribution is 0.338. The highest BCUT2D eigenvalue weighted by molar-refractivity contribution is 4.98. The van der Waals surface area contributed by atoms with Gasteiger partial charge in [-0.1, -0.05) is 50.6 Å². The SMILES string of the molecule is CCC[C@@H](N)c1nc(C2CCCCCCC2)no1. The summed E-state index contributed by atoms with van der Waals surface area (Å²) in [6.07, 6.45) is 11.0. The van der Waals surface area contributed by atoms with Gasteiger partial charge in [0.25, 0.3) is 0 Å². The molecule has 1 aromatic rings. The summed E-state index contributed by atoms with van der Waals surface area (Å²) in [6, 6.07) is -0.0928. The molecular formula is C14H25N3O. The van der Waals surface area contributed by atoms with E-state index in [4.69, 9.17) is 10.3 Å². The number of nitrogens with zero attached hydrogens (tertiary/aromatic N) is 2. The zero-order chi connectivity index (χ0) is 12.8. The van der Waals surface area contributed by atoms with Gasteiger partial charge in [-0.25, -0.2) is 0 Å². The topological polar surface area (TPSA) is 64.9 Å². The van der Waals surface area contributed by atoms with Crippen LogP contribution in [0.5, 0.6) is 0 Å². The van der Waals surface area contributed by atoms with Crippen LogP contribution in [-0.2, 0) is 0 Å². The number of hydrogen-bond acceptors (Lipinski definition) is 4. The first-order chi connectivity index (χ1) is 8.81. The van der Waals surface area contributed by atoms with Crippen LogP contribution >= 0.6 is 0 Å². The minimum atomic E-state index is -0.0928. The fraction of sp³-hybridized carbons (Fsp3) is 0.857. The maximum Gasteiger partial charge on any atom is 0.243 e. The van der Waals surface area contributed by atoms with Gasteiger partial charge >= 0.3 is 0 Å². The molecule has 1 atom stereocenters. The van der Waals surface area contributed by atoms with Crippen LogP contribution in [0.15, 0.2) is 4.52 Å². The molecule has 0 aromatic carbocycles. The molecule has 4 nitrogen and oxygen atoms in total. The summed E-state index contributed by atoms with van der Waals surface area (Å²) >= 11 is 0. The Morgan fingerprint density at radius 2 is 1.89 bits per heavy atom. The van der Waals surface area contributed by atoms with Gasteiger partial charge in [0.2, 0.25) is 5.89 Å². The molecule has 2 N–H and O–H groups in total. The van der Waals surface area contributed by atoms with E-state index in [2.05, 4.69) is 17.1 Å². The summed E-state index contributed by atoms with van der Waals surface area (Å²) < 4.78 is 5.32. The molecule has 0 spiro atoms. The molecule has 0 unspecified atom stereocenters. The third-order valence-electron chi connectivity index (χ3n) is 3.84. The van der Waals surface area contributed by atoms with Crippen molar-refractivity contribution in [2.75, 3.05) is 0 Å². The summed E-state index contributed by atoms with van der Waals surface area (Å²) in [4.78, 5) is 4.52. The third kappa shape index (κ3) is 3.55. The normalized spacial score (nSPS) is 20.3. The standard InChI is InChI=1S/C14H25N3O/c1-2-8-12(15)14-16-13(17-18-14)11-9-6-4-3-5-7-10-11/h11-12H,2-10,15H2,1H3/t12-/m1/s1. The van der Waals surface area contributed by atoms with Gasteiger partial charge < -0.3 is 10.3 Å². The Labute approximate surface area is 109 Å². The first-order valence-corrected chi connectivity index (χ1v) is 7.40. The van der Waals surface area contributed by atoms with Crippen molar-refractivity contribution in [3.8, 4) is 0 Å². The van der Waals surface area contributed by atoms with Crippen LogP contribution in [0, 0.1) is 0 Å². The van der Waals surface area contributed by atoms with Crippen LogP contribution in [0.1, 0.15) is 88.4 Å². The summed E-state index contributed by atoms with van der Waals surface area (Å²) in [7, 11) is 0. The average molecular weight is 251 g/mol. The van der Waals surface area contributed by atoms with Gasteiger partial charge in [-0.3, -0.25) is 0 Å². The highest BCUT2D eigenvalue weighted by Crippen LogP contribution is 2.29. The molecule has 1 saturated carbocycles. The molecule has 1 aliphatic carbocycles.